The molecule has 1 aliphatic rings. The van der Waals surface area contributed by atoms with Crippen LogP contribution in [0, 0.1) is 5.82 Å². The Hall–Kier alpha value is -3.30. The normalized spacial score (nSPS) is 12.8. The number of carbonyl (C=O) groups is 1. The van der Waals surface area contributed by atoms with Crippen molar-refractivity contribution >= 4 is 38.9 Å². The molecule has 10 heteroatoms. The highest BCUT2D eigenvalue weighted by Crippen LogP contribution is 2.34. The van der Waals surface area contributed by atoms with Gasteiger partial charge in [0.15, 0.2) is 11.5 Å². The van der Waals surface area contributed by atoms with Gasteiger partial charge >= 0.3 is 0 Å². The second-order valence-corrected chi connectivity index (χ2v) is 9.15. The third kappa shape index (κ3) is 4.79. The van der Waals surface area contributed by atoms with Crippen LogP contribution in [0.3, 0.4) is 0 Å². The average Bonchev–Trinajstić information content (AvgIpc) is 2.78. The lowest BCUT2D eigenvalue weighted by Crippen LogP contribution is -2.38. The van der Waals surface area contributed by atoms with E-state index in [1.54, 1.807) is 24.3 Å². The molecule has 7 nitrogen and oxygen atoms in total. The third-order valence-electron chi connectivity index (χ3n) is 4.61. The third-order valence-corrected chi connectivity index (χ3v) is 6.63. The molecular formula is C22H18ClFN2O5S. The largest absolute Gasteiger partial charge is 0.486 e. The van der Waals surface area contributed by atoms with Crippen LogP contribution in [0.2, 0.25) is 5.02 Å². The summed E-state index contributed by atoms with van der Waals surface area (Å²) in [6.45, 7) is 0.0653. The van der Waals surface area contributed by atoms with Crippen LogP contribution < -0.4 is 19.1 Å². The molecular weight excluding hydrogens is 459 g/mol. The molecule has 3 aromatic carbocycles. The number of ether oxygens (including phenoxy) is 2. The van der Waals surface area contributed by atoms with Gasteiger partial charge in [-0.05, 0) is 54.6 Å². The Kier molecular flexibility index (Phi) is 6.20. The summed E-state index contributed by atoms with van der Waals surface area (Å²) in [4.78, 5) is 12.6. The van der Waals surface area contributed by atoms with E-state index in [2.05, 4.69) is 5.32 Å². The minimum atomic E-state index is -4.25. The summed E-state index contributed by atoms with van der Waals surface area (Å²) in [6, 6.07) is 15.5. The van der Waals surface area contributed by atoms with Crippen molar-refractivity contribution in [1.82, 2.24) is 0 Å². The topological polar surface area (TPSA) is 84.9 Å². The number of hydrogen-bond donors (Lipinski definition) is 1. The molecule has 1 amide bonds. The second kappa shape index (κ2) is 9.05. The predicted octanol–water partition coefficient (Wildman–Crippen LogP) is 4.08. The van der Waals surface area contributed by atoms with Gasteiger partial charge in [0.1, 0.15) is 25.6 Å². The molecule has 3 aromatic rings. The molecule has 166 valence electrons. The maximum Gasteiger partial charge on any atom is 0.264 e. The molecule has 1 N–H and O–H groups in total. The molecule has 4 rings (SSSR count). The van der Waals surface area contributed by atoms with Crippen LogP contribution in [0.4, 0.5) is 15.8 Å². The fraction of sp³-hybridized carbons (Fsp3) is 0.136. The average molecular weight is 477 g/mol. The van der Waals surface area contributed by atoms with Crippen molar-refractivity contribution in [2.45, 2.75) is 4.90 Å². The Morgan fingerprint density at radius 2 is 1.72 bits per heavy atom. The van der Waals surface area contributed by atoms with Gasteiger partial charge < -0.3 is 14.8 Å². The van der Waals surface area contributed by atoms with E-state index in [9.17, 15) is 17.6 Å². The maximum atomic E-state index is 13.9. The van der Waals surface area contributed by atoms with Gasteiger partial charge in [0, 0.05) is 16.8 Å². The van der Waals surface area contributed by atoms with E-state index in [-0.39, 0.29) is 22.9 Å². The Morgan fingerprint density at radius 3 is 2.44 bits per heavy atom. The highest BCUT2D eigenvalue weighted by atomic mass is 35.5. The standard InChI is InChI=1S/C22H18ClFN2O5S/c23-15-4-6-17(7-5-15)25-22(27)14-26(18-3-1-2-16(24)12-18)32(28,29)19-8-9-20-21(13-19)31-11-10-30-20/h1-9,12-13H,10-11,14H2,(H,25,27). The minimum Gasteiger partial charge on any atom is -0.486 e. The SMILES string of the molecule is O=C(CN(c1cccc(F)c1)S(=O)(=O)c1ccc2c(c1)OCCO2)Nc1ccc(Cl)cc1. The number of rotatable bonds is 6. The summed E-state index contributed by atoms with van der Waals surface area (Å²) >= 11 is 5.85. The van der Waals surface area contributed by atoms with Gasteiger partial charge in [0.05, 0.1) is 10.6 Å². The van der Waals surface area contributed by atoms with Gasteiger partial charge in [-0.1, -0.05) is 17.7 Å². The molecule has 0 radical (unpaired) electrons. The van der Waals surface area contributed by atoms with Crippen molar-refractivity contribution in [2.24, 2.45) is 0 Å². The lowest BCUT2D eigenvalue weighted by atomic mass is 10.3. The van der Waals surface area contributed by atoms with Crippen LogP contribution in [0.5, 0.6) is 11.5 Å². The smallest absolute Gasteiger partial charge is 0.264 e. The van der Waals surface area contributed by atoms with Gasteiger partial charge in [-0.15, -0.1) is 0 Å². The number of hydrogen-bond acceptors (Lipinski definition) is 5. The lowest BCUT2D eigenvalue weighted by Gasteiger charge is -2.25. The molecule has 0 unspecified atom stereocenters. The van der Waals surface area contributed by atoms with Crippen molar-refractivity contribution in [3.8, 4) is 11.5 Å². The highest BCUT2D eigenvalue weighted by Gasteiger charge is 2.29. The van der Waals surface area contributed by atoms with E-state index in [1.165, 1.54) is 36.4 Å². The molecule has 1 heterocycles. The molecule has 0 aliphatic carbocycles. The van der Waals surface area contributed by atoms with E-state index < -0.39 is 28.3 Å². The Morgan fingerprint density at radius 1 is 1.00 bits per heavy atom. The van der Waals surface area contributed by atoms with Crippen LogP contribution in [-0.2, 0) is 14.8 Å². The van der Waals surface area contributed by atoms with Gasteiger partial charge in [-0.25, -0.2) is 12.8 Å². The van der Waals surface area contributed by atoms with Crippen molar-refractivity contribution in [1.29, 1.82) is 0 Å². The molecule has 0 atom stereocenters. The first-order valence-corrected chi connectivity index (χ1v) is 11.4. The first-order chi connectivity index (χ1) is 15.3. The highest BCUT2D eigenvalue weighted by molar-refractivity contribution is 7.92. The first kappa shape index (κ1) is 21.9. The molecule has 0 aromatic heterocycles. The Bertz CT molecular complexity index is 1250. The van der Waals surface area contributed by atoms with Gasteiger partial charge in [-0.2, -0.15) is 0 Å². The molecule has 0 bridgehead atoms. The van der Waals surface area contributed by atoms with Crippen molar-refractivity contribution in [2.75, 3.05) is 29.4 Å². The van der Waals surface area contributed by atoms with E-state index in [0.29, 0.717) is 23.1 Å². The van der Waals surface area contributed by atoms with Crippen LogP contribution in [0.15, 0.2) is 71.6 Å². The summed E-state index contributed by atoms with van der Waals surface area (Å²) in [6.07, 6.45) is 0. The van der Waals surface area contributed by atoms with E-state index >= 15 is 0 Å². The van der Waals surface area contributed by atoms with E-state index in [1.807, 2.05) is 0 Å². The van der Waals surface area contributed by atoms with Crippen molar-refractivity contribution in [3.63, 3.8) is 0 Å². The number of nitrogens with one attached hydrogen (secondary N) is 1. The molecule has 32 heavy (non-hydrogen) atoms. The molecule has 0 saturated carbocycles. The van der Waals surface area contributed by atoms with Crippen LogP contribution in [0.1, 0.15) is 0 Å². The monoisotopic (exact) mass is 476 g/mol. The summed E-state index contributed by atoms with van der Waals surface area (Å²) in [5.41, 5.74) is 0.446. The summed E-state index contributed by atoms with van der Waals surface area (Å²) in [5, 5.41) is 3.11. The zero-order chi connectivity index (χ0) is 22.7. The van der Waals surface area contributed by atoms with Crippen LogP contribution in [-0.4, -0.2) is 34.1 Å². The lowest BCUT2D eigenvalue weighted by molar-refractivity contribution is -0.114. The predicted molar refractivity (Wildman–Crippen MR) is 118 cm³/mol. The summed E-state index contributed by atoms with van der Waals surface area (Å²) < 4.78 is 52.6. The number of anilines is 2. The molecule has 0 saturated heterocycles. The van der Waals surface area contributed by atoms with Crippen molar-refractivity contribution < 1.29 is 27.1 Å². The summed E-state index contributed by atoms with van der Waals surface area (Å²) in [7, 11) is -4.25. The number of halogens is 2. The second-order valence-electron chi connectivity index (χ2n) is 6.85. The number of carbonyl (C=O) groups excluding carboxylic acids is 1. The Balaban J connectivity index is 1.67. The number of fused-ring (bicyclic) bond motifs is 1. The van der Waals surface area contributed by atoms with Gasteiger partial charge in [0.2, 0.25) is 5.91 Å². The number of benzene rings is 3. The minimum absolute atomic E-state index is 0.00569. The fourth-order valence-corrected chi connectivity index (χ4v) is 4.68. The Labute approximate surface area is 189 Å². The zero-order valence-corrected chi connectivity index (χ0v) is 18.2. The number of nitrogens with zero attached hydrogens (tertiary/aromatic N) is 1. The quantitative estimate of drug-likeness (QED) is 0.579. The fourth-order valence-electron chi connectivity index (χ4n) is 3.12. The zero-order valence-electron chi connectivity index (χ0n) is 16.6. The first-order valence-electron chi connectivity index (χ1n) is 9.56. The molecule has 0 fully saturated rings. The van der Waals surface area contributed by atoms with E-state index in [0.717, 1.165) is 10.4 Å². The molecule has 0 spiro atoms. The maximum absolute atomic E-state index is 13.9. The van der Waals surface area contributed by atoms with Crippen molar-refractivity contribution in [3.05, 3.63) is 77.6 Å². The molecule has 1 aliphatic heterocycles. The van der Waals surface area contributed by atoms with Gasteiger partial charge in [0.25, 0.3) is 10.0 Å². The van der Waals surface area contributed by atoms with E-state index in [4.69, 9.17) is 21.1 Å². The number of amides is 1. The van der Waals surface area contributed by atoms with Crippen LogP contribution >= 0.6 is 11.6 Å². The van der Waals surface area contributed by atoms with Gasteiger partial charge in [-0.3, -0.25) is 9.10 Å². The number of sulfonamides is 1. The van der Waals surface area contributed by atoms with Crippen LogP contribution in [0.25, 0.3) is 0 Å². The summed E-state index contributed by atoms with van der Waals surface area (Å²) in [5.74, 6) is -0.546.